The fraction of sp³-hybridized carbons (Fsp3) is 0.185. The van der Waals surface area contributed by atoms with Gasteiger partial charge in [0.15, 0.2) is 0 Å². The van der Waals surface area contributed by atoms with E-state index in [1.807, 2.05) is 24.3 Å². The van der Waals surface area contributed by atoms with Gasteiger partial charge in [0.05, 0.1) is 12.2 Å². The van der Waals surface area contributed by atoms with Crippen molar-refractivity contribution >= 4 is 22.4 Å². The number of aryl methyl sites for hydroxylation is 2. The highest BCUT2D eigenvalue weighted by molar-refractivity contribution is 6.30. The van der Waals surface area contributed by atoms with Gasteiger partial charge in [-0.15, -0.1) is 0 Å². The highest BCUT2D eigenvalue weighted by Crippen LogP contribution is 2.32. The van der Waals surface area contributed by atoms with Crippen molar-refractivity contribution in [3.05, 3.63) is 106 Å². The van der Waals surface area contributed by atoms with Gasteiger partial charge in [-0.05, 0) is 77.2 Å². The molecule has 0 aliphatic heterocycles. The molecule has 0 atom stereocenters. The Morgan fingerprint density at radius 2 is 1.47 bits per heavy atom. The van der Waals surface area contributed by atoms with Crippen molar-refractivity contribution in [2.75, 3.05) is 13.7 Å². The van der Waals surface area contributed by atoms with Crippen LogP contribution in [0.5, 0.6) is 0 Å². The molecule has 0 saturated carbocycles. The minimum absolute atomic E-state index is 0.111. The fourth-order valence-electron chi connectivity index (χ4n) is 3.88. The maximum absolute atomic E-state index is 15.1. The molecule has 0 unspecified atom stereocenters. The molecule has 1 nitrogen and oxygen atoms in total. The molecular weight excluding hydrogens is 433 g/mol. The predicted molar refractivity (Wildman–Crippen MR) is 124 cm³/mol. The quantitative estimate of drug-likeness (QED) is 0.280. The summed E-state index contributed by atoms with van der Waals surface area (Å²) in [4.78, 5) is 0. The molecule has 0 spiro atoms. The first-order valence-corrected chi connectivity index (χ1v) is 10.8. The van der Waals surface area contributed by atoms with Crippen LogP contribution < -0.4 is 0 Å². The van der Waals surface area contributed by atoms with Crippen molar-refractivity contribution in [1.29, 1.82) is 0 Å². The van der Waals surface area contributed by atoms with Crippen molar-refractivity contribution in [1.82, 2.24) is 0 Å². The Morgan fingerprint density at radius 1 is 0.750 bits per heavy atom. The molecule has 0 aliphatic carbocycles. The Labute approximate surface area is 190 Å². The molecule has 0 fully saturated rings. The molecular formula is C27H22ClF3O. The fourth-order valence-corrected chi connectivity index (χ4v) is 4.01. The third-order valence-corrected chi connectivity index (χ3v) is 5.87. The monoisotopic (exact) mass is 454 g/mol. The molecule has 5 heteroatoms. The zero-order valence-electron chi connectivity index (χ0n) is 17.6. The van der Waals surface area contributed by atoms with Gasteiger partial charge < -0.3 is 4.74 Å². The van der Waals surface area contributed by atoms with Gasteiger partial charge >= 0.3 is 0 Å². The Balaban J connectivity index is 1.61. The van der Waals surface area contributed by atoms with Crippen LogP contribution in [0.2, 0.25) is 5.02 Å². The van der Waals surface area contributed by atoms with Crippen molar-refractivity contribution in [3.63, 3.8) is 0 Å². The summed E-state index contributed by atoms with van der Waals surface area (Å²) >= 11 is 5.91. The van der Waals surface area contributed by atoms with Crippen molar-refractivity contribution in [3.8, 4) is 11.1 Å². The second-order valence-electron chi connectivity index (χ2n) is 7.78. The van der Waals surface area contributed by atoms with E-state index >= 15 is 4.39 Å². The van der Waals surface area contributed by atoms with Crippen LogP contribution >= 0.6 is 11.6 Å². The van der Waals surface area contributed by atoms with E-state index in [0.29, 0.717) is 58.4 Å². The molecule has 32 heavy (non-hydrogen) atoms. The average Bonchev–Trinajstić information content (AvgIpc) is 2.78. The molecule has 0 heterocycles. The van der Waals surface area contributed by atoms with E-state index in [1.165, 1.54) is 12.1 Å². The summed E-state index contributed by atoms with van der Waals surface area (Å²) in [5.74, 6) is -1.59. The van der Waals surface area contributed by atoms with E-state index in [0.717, 1.165) is 5.56 Å². The summed E-state index contributed by atoms with van der Waals surface area (Å²) < 4.78 is 49.5. The maximum Gasteiger partial charge on any atom is 0.134 e. The Kier molecular flexibility index (Phi) is 6.83. The zero-order chi connectivity index (χ0) is 22.7. The van der Waals surface area contributed by atoms with Gasteiger partial charge in [0.2, 0.25) is 0 Å². The van der Waals surface area contributed by atoms with Crippen LogP contribution in [0, 0.1) is 17.5 Å². The van der Waals surface area contributed by atoms with Gasteiger partial charge in [-0.2, -0.15) is 0 Å². The molecule has 0 bridgehead atoms. The first-order valence-electron chi connectivity index (χ1n) is 10.4. The minimum atomic E-state index is -0.643. The van der Waals surface area contributed by atoms with E-state index in [4.69, 9.17) is 16.3 Å². The summed E-state index contributed by atoms with van der Waals surface area (Å²) in [6, 6.07) is 18.4. The number of benzene rings is 4. The van der Waals surface area contributed by atoms with Crippen LogP contribution in [0.15, 0.2) is 66.7 Å². The second-order valence-corrected chi connectivity index (χ2v) is 8.21. The van der Waals surface area contributed by atoms with Crippen LogP contribution in [-0.2, 0) is 24.0 Å². The number of halogens is 4. The van der Waals surface area contributed by atoms with Crippen LogP contribution in [0.25, 0.3) is 21.9 Å². The van der Waals surface area contributed by atoms with Crippen LogP contribution in [-0.4, -0.2) is 13.7 Å². The van der Waals surface area contributed by atoms with Gasteiger partial charge in [-0.25, -0.2) is 13.2 Å². The lowest BCUT2D eigenvalue weighted by Gasteiger charge is -2.11. The lowest BCUT2D eigenvalue weighted by molar-refractivity contribution is 0.202. The number of hydrogen-bond donors (Lipinski definition) is 0. The molecule has 164 valence electrons. The Morgan fingerprint density at radius 3 is 2.16 bits per heavy atom. The lowest BCUT2D eigenvalue weighted by Crippen LogP contribution is -1.99. The normalized spacial score (nSPS) is 11.3. The van der Waals surface area contributed by atoms with Gasteiger partial charge in [-0.3, -0.25) is 0 Å². The number of methoxy groups -OCH3 is 1. The summed E-state index contributed by atoms with van der Waals surface area (Å²) in [5.41, 5.74) is 2.46. The molecule has 0 amide bonds. The van der Waals surface area contributed by atoms with Crippen molar-refractivity contribution in [2.45, 2.75) is 19.3 Å². The van der Waals surface area contributed by atoms with Gasteiger partial charge in [0.1, 0.15) is 17.5 Å². The maximum atomic E-state index is 15.1. The third kappa shape index (κ3) is 4.82. The molecule has 0 N–H and O–H groups in total. The summed E-state index contributed by atoms with van der Waals surface area (Å²) in [7, 11) is 1.54. The van der Waals surface area contributed by atoms with Crippen molar-refractivity contribution in [2.24, 2.45) is 0 Å². The minimum Gasteiger partial charge on any atom is -0.384 e. The third-order valence-electron chi connectivity index (χ3n) is 5.62. The molecule has 0 aliphatic rings. The number of ether oxygens (including phenoxy) is 1. The number of rotatable bonds is 7. The molecule has 4 rings (SSSR count). The number of hydrogen-bond acceptors (Lipinski definition) is 1. The Bertz CT molecular complexity index is 1230. The number of fused-ring (bicyclic) bond motifs is 1. The molecule has 4 aromatic carbocycles. The smallest absolute Gasteiger partial charge is 0.134 e. The zero-order valence-corrected chi connectivity index (χ0v) is 18.4. The second kappa shape index (κ2) is 9.76. The standard InChI is InChI=1S/C27H22ClF3O/c1-32-13-12-18-14-24(29)26(25(30)15-18)21-8-11-23-20(16-21)7-6-19(27(23)31)5-2-17-3-9-22(28)10-4-17/h3-4,6-11,14-16H,2,5,12-13H2,1H3. The van der Waals surface area contributed by atoms with E-state index in [1.54, 1.807) is 37.4 Å². The highest BCUT2D eigenvalue weighted by Gasteiger charge is 2.15. The van der Waals surface area contributed by atoms with E-state index < -0.39 is 11.6 Å². The largest absolute Gasteiger partial charge is 0.384 e. The topological polar surface area (TPSA) is 9.23 Å². The van der Waals surface area contributed by atoms with E-state index in [2.05, 4.69) is 0 Å². The Hall–Kier alpha value is -2.82. The molecule has 0 radical (unpaired) electrons. The lowest BCUT2D eigenvalue weighted by atomic mass is 9.96. The van der Waals surface area contributed by atoms with E-state index in [9.17, 15) is 8.78 Å². The average molecular weight is 455 g/mol. The van der Waals surface area contributed by atoms with Crippen LogP contribution in [0.4, 0.5) is 13.2 Å². The van der Waals surface area contributed by atoms with Gasteiger partial charge in [0.25, 0.3) is 0 Å². The summed E-state index contributed by atoms with van der Waals surface area (Å²) in [6.07, 6.45) is 1.65. The SMILES string of the molecule is COCCc1cc(F)c(-c2ccc3c(F)c(CCc4ccc(Cl)cc4)ccc3c2)c(F)c1. The first kappa shape index (κ1) is 22.4. The first-order chi connectivity index (χ1) is 15.5. The van der Waals surface area contributed by atoms with Gasteiger partial charge in [-0.1, -0.05) is 48.0 Å². The molecule has 0 aromatic heterocycles. The van der Waals surface area contributed by atoms with Crippen LogP contribution in [0.1, 0.15) is 16.7 Å². The summed E-state index contributed by atoms with van der Waals surface area (Å²) in [6.45, 7) is 0.383. The van der Waals surface area contributed by atoms with Gasteiger partial charge in [0, 0.05) is 17.5 Å². The summed E-state index contributed by atoms with van der Waals surface area (Å²) in [5, 5.41) is 1.69. The van der Waals surface area contributed by atoms with E-state index in [-0.39, 0.29) is 11.4 Å². The van der Waals surface area contributed by atoms with Crippen LogP contribution in [0.3, 0.4) is 0 Å². The van der Waals surface area contributed by atoms with Crippen molar-refractivity contribution < 1.29 is 17.9 Å². The predicted octanol–water partition coefficient (Wildman–Crippen LogP) is 7.55. The molecule has 4 aromatic rings. The highest BCUT2D eigenvalue weighted by atomic mass is 35.5. The molecule has 0 saturated heterocycles.